The fraction of sp³-hybridized carbons (Fsp3) is 0.387. The first kappa shape index (κ1) is 29.8. The van der Waals surface area contributed by atoms with Gasteiger partial charge in [0.2, 0.25) is 5.91 Å². The van der Waals surface area contributed by atoms with Crippen LogP contribution in [0.2, 0.25) is 0 Å². The second-order valence-corrected chi connectivity index (χ2v) is 10.9. The summed E-state index contributed by atoms with van der Waals surface area (Å²) in [6.45, 7) is 7.80. The number of aliphatic hydroxyl groups excluding tert-OH is 1. The number of pyridine rings is 1. The number of nitrogens with zero attached hydrogens (tertiary/aromatic N) is 2. The zero-order valence-corrected chi connectivity index (χ0v) is 23.0. The average molecular weight is 536 g/mol. The van der Waals surface area contributed by atoms with Crippen LogP contribution in [0.4, 0.5) is 9.18 Å². The number of carbonyl (C=O) groups excluding carboxylic acids is 1. The van der Waals surface area contributed by atoms with Crippen LogP contribution in [0.1, 0.15) is 51.7 Å². The van der Waals surface area contributed by atoms with E-state index in [0.29, 0.717) is 12.1 Å². The van der Waals surface area contributed by atoms with Crippen molar-refractivity contribution in [2.75, 3.05) is 6.54 Å². The first-order valence-corrected chi connectivity index (χ1v) is 13.2. The van der Waals surface area contributed by atoms with Crippen LogP contribution in [0.15, 0.2) is 72.9 Å². The minimum absolute atomic E-state index is 0.0170. The molecule has 3 aromatic rings. The largest absolute Gasteiger partial charge is 0.465 e. The van der Waals surface area contributed by atoms with E-state index in [0.717, 1.165) is 34.2 Å². The Hall–Kier alpha value is -3.78. The molecule has 2 atom stereocenters. The van der Waals surface area contributed by atoms with Gasteiger partial charge in [-0.15, -0.1) is 0 Å². The third-order valence-corrected chi connectivity index (χ3v) is 7.27. The highest BCUT2D eigenvalue weighted by atomic mass is 19.1. The summed E-state index contributed by atoms with van der Waals surface area (Å²) in [5, 5.41) is 23.6. The normalized spacial score (nSPS) is 13.8. The minimum atomic E-state index is -1.47. The molecule has 0 saturated heterocycles. The van der Waals surface area contributed by atoms with Crippen molar-refractivity contribution >= 4 is 12.0 Å². The van der Waals surface area contributed by atoms with Crippen molar-refractivity contribution in [1.82, 2.24) is 15.2 Å². The lowest BCUT2D eigenvalue weighted by atomic mass is 9.84. The maximum Gasteiger partial charge on any atom is 0.408 e. The van der Waals surface area contributed by atoms with Crippen molar-refractivity contribution in [3.8, 4) is 11.3 Å². The molecule has 1 aromatic heterocycles. The number of carboxylic acid groups (broad SMARTS) is 1. The first-order chi connectivity index (χ1) is 18.4. The number of rotatable bonds is 12. The third kappa shape index (κ3) is 8.10. The molecule has 0 aliphatic heterocycles. The molecule has 208 valence electrons. The van der Waals surface area contributed by atoms with Crippen LogP contribution < -0.4 is 5.32 Å². The molecule has 8 heteroatoms. The van der Waals surface area contributed by atoms with E-state index < -0.39 is 29.5 Å². The van der Waals surface area contributed by atoms with E-state index in [-0.39, 0.29) is 24.9 Å². The summed E-state index contributed by atoms with van der Waals surface area (Å²) in [5.41, 5.74) is 1.30. The number of carbonyl (C=O) groups is 2. The second kappa shape index (κ2) is 12.8. The Labute approximate surface area is 229 Å². The van der Waals surface area contributed by atoms with Crippen LogP contribution in [-0.4, -0.2) is 50.3 Å². The van der Waals surface area contributed by atoms with Gasteiger partial charge < -0.3 is 15.5 Å². The van der Waals surface area contributed by atoms with Gasteiger partial charge in [0, 0.05) is 18.5 Å². The summed E-state index contributed by atoms with van der Waals surface area (Å²) in [6.07, 6.45) is 0.648. The van der Waals surface area contributed by atoms with Gasteiger partial charge in [0.05, 0.1) is 24.5 Å². The highest BCUT2D eigenvalue weighted by molar-refractivity contribution is 5.89. The number of benzene rings is 2. The molecule has 0 saturated carbocycles. The molecule has 7 nitrogen and oxygen atoms in total. The maximum atomic E-state index is 13.7. The number of aromatic nitrogens is 1. The van der Waals surface area contributed by atoms with E-state index in [1.165, 1.54) is 6.07 Å². The molecule has 3 rings (SSSR count). The average Bonchev–Trinajstić information content (AvgIpc) is 2.91. The van der Waals surface area contributed by atoms with E-state index in [4.69, 9.17) is 0 Å². The molecule has 2 amide bonds. The fourth-order valence-electron chi connectivity index (χ4n) is 4.51. The molecule has 1 heterocycles. The number of amides is 2. The molecule has 0 radical (unpaired) electrons. The van der Waals surface area contributed by atoms with Crippen molar-refractivity contribution in [1.29, 1.82) is 0 Å². The van der Waals surface area contributed by atoms with E-state index in [1.54, 1.807) is 13.0 Å². The van der Waals surface area contributed by atoms with Crippen LogP contribution in [-0.2, 0) is 17.8 Å². The van der Waals surface area contributed by atoms with Crippen molar-refractivity contribution in [2.45, 2.75) is 65.1 Å². The number of aliphatic hydroxyl groups is 1. The highest BCUT2D eigenvalue weighted by Gasteiger charge is 2.43. The summed E-state index contributed by atoms with van der Waals surface area (Å²) in [7, 11) is 0. The molecule has 3 N–H and O–H groups in total. The van der Waals surface area contributed by atoms with Gasteiger partial charge in [-0.3, -0.25) is 14.7 Å². The van der Waals surface area contributed by atoms with Gasteiger partial charge in [0.1, 0.15) is 11.4 Å². The summed E-state index contributed by atoms with van der Waals surface area (Å²) in [4.78, 5) is 31.5. The van der Waals surface area contributed by atoms with Gasteiger partial charge in [-0.1, -0.05) is 81.8 Å². The van der Waals surface area contributed by atoms with Gasteiger partial charge in [-0.05, 0) is 42.0 Å². The zero-order valence-electron chi connectivity index (χ0n) is 23.0. The summed E-state index contributed by atoms with van der Waals surface area (Å²) >= 11 is 0. The molecule has 2 aromatic carbocycles. The SMILES string of the molecule is CCC(C)(C)CC(O)CNC(=O)C(C)(Cc1ccc(-c2ccc(F)cn2)cc1)N(Cc1ccccc1)C(=O)O. The predicted molar refractivity (Wildman–Crippen MR) is 149 cm³/mol. The molecule has 0 aliphatic carbocycles. The summed E-state index contributed by atoms with van der Waals surface area (Å²) < 4.78 is 13.3. The standard InChI is InChI=1S/C31H38FN3O4/c1-5-30(2,3)18-26(36)20-34-28(37)31(4,35(29(38)39)21-23-9-7-6-8-10-23)17-22-11-13-24(14-12-22)27-16-15-25(32)19-33-27/h6-16,19,26,36H,5,17-18,20-21H2,1-4H3,(H,34,37)(H,38,39). The molecule has 0 bridgehead atoms. The number of halogens is 1. The number of nitrogens with one attached hydrogen (secondary N) is 1. The third-order valence-electron chi connectivity index (χ3n) is 7.27. The van der Waals surface area contributed by atoms with Crippen molar-refractivity contribution in [3.05, 3.63) is 89.9 Å². The van der Waals surface area contributed by atoms with Gasteiger partial charge in [-0.25, -0.2) is 9.18 Å². The molecule has 39 heavy (non-hydrogen) atoms. The number of hydrogen-bond acceptors (Lipinski definition) is 4. The van der Waals surface area contributed by atoms with Gasteiger partial charge in [0.25, 0.3) is 0 Å². The van der Waals surface area contributed by atoms with Crippen molar-refractivity contribution < 1.29 is 24.2 Å². The molecule has 2 unspecified atom stereocenters. The molecule has 0 fully saturated rings. The van der Waals surface area contributed by atoms with E-state index in [2.05, 4.69) is 24.1 Å². The molecule has 0 spiro atoms. The Kier molecular flexibility index (Phi) is 9.81. The van der Waals surface area contributed by atoms with Crippen molar-refractivity contribution in [2.24, 2.45) is 5.41 Å². The highest BCUT2D eigenvalue weighted by Crippen LogP contribution is 2.28. The first-order valence-electron chi connectivity index (χ1n) is 13.2. The lowest BCUT2D eigenvalue weighted by Gasteiger charge is -2.39. The lowest BCUT2D eigenvalue weighted by molar-refractivity contribution is -0.132. The molecular weight excluding hydrogens is 497 g/mol. The Morgan fingerprint density at radius 1 is 1.00 bits per heavy atom. The zero-order chi connectivity index (χ0) is 28.6. The van der Waals surface area contributed by atoms with E-state index in [1.807, 2.05) is 61.5 Å². The monoisotopic (exact) mass is 535 g/mol. The maximum absolute atomic E-state index is 13.7. The van der Waals surface area contributed by atoms with Gasteiger partial charge >= 0.3 is 6.09 Å². The fourth-order valence-corrected chi connectivity index (χ4v) is 4.51. The minimum Gasteiger partial charge on any atom is -0.465 e. The van der Waals surface area contributed by atoms with Crippen LogP contribution in [0.25, 0.3) is 11.3 Å². The van der Waals surface area contributed by atoms with Crippen LogP contribution in [0, 0.1) is 11.2 Å². The van der Waals surface area contributed by atoms with Crippen LogP contribution >= 0.6 is 0 Å². The van der Waals surface area contributed by atoms with E-state index in [9.17, 15) is 24.2 Å². The Balaban J connectivity index is 1.88. The smallest absolute Gasteiger partial charge is 0.408 e. The summed E-state index contributed by atoms with van der Waals surface area (Å²) in [6, 6.07) is 19.3. The van der Waals surface area contributed by atoms with Crippen LogP contribution in [0.3, 0.4) is 0 Å². The number of hydrogen-bond donors (Lipinski definition) is 3. The topological polar surface area (TPSA) is 103 Å². The Bertz CT molecular complexity index is 1230. The lowest BCUT2D eigenvalue weighted by Crippen LogP contribution is -2.60. The quantitative estimate of drug-likeness (QED) is 0.277. The van der Waals surface area contributed by atoms with Gasteiger partial charge in [0.15, 0.2) is 0 Å². The molecule has 0 aliphatic rings. The Morgan fingerprint density at radius 2 is 1.67 bits per heavy atom. The van der Waals surface area contributed by atoms with E-state index >= 15 is 0 Å². The molecular formula is C31H38FN3O4. The van der Waals surface area contributed by atoms with Crippen molar-refractivity contribution in [3.63, 3.8) is 0 Å². The second-order valence-electron chi connectivity index (χ2n) is 10.9. The van der Waals surface area contributed by atoms with Crippen LogP contribution in [0.5, 0.6) is 0 Å². The Morgan fingerprint density at radius 3 is 2.23 bits per heavy atom. The predicted octanol–water partition coefficient (Wildman–Crippen LogP) is 5.67. The summed E-state index contributed by atoms with van der Waals surface area (Å²) in [5.74, 6) is -0.911. The van der Waals surface area contributed by atoms with Gasteiger partial charge in [-0.2, -0.15) is 0 Å².